The number of nitrogens with one attached hydrogen (secondary N) is 2. The van der Waals surface area contributed by atoms with Crippen molar-refractivity contribution in [2.45, 2.75) is 19.5 Å². The molecule has 1 aromatic heterocycles. The molecule has 2 N–H and O–H groups in total. The summed E-state index contributed by atoms with van der Waals surface area (Å²) in [6.45, 7) is 5.86. The highest BCUT2D eigenvalue weighted by molar-refractivity contribution is 7.80. The van der Waals surface area contributed by atoms with E-state index in [4.69, 9.17) is 33.8 Å². The first-order chi connectivity index (χ1) is 19.6. The van der Waals surface area contributed by atoms with Crippen molar-refractivity contribution in [3.63, 3.8) is 0 Å². The molecule has 1 saturated heterocycles. The van der Waals surface area contributed by atoms with Crippen LogP contribution in [0.1, 0.15) is 16.7 Å². The molecule has 0 saturated carbocycles. The second-order valence-corrected chi connectivity index (χ2v) is 10.9. The van der Waals surface area contributed by atoms with Crippen LogP contribution in [-0.2, 0) is 19.5 Å². The smallest absolute Gasteiger partial charge is 0.232 e. The summed E-state index contributed by atoms with van der Waals surface area (Å²) >= 11 is 11.9. The molecular formula is C31H32ClN7S. The quantitative estimate of drug-likeness (QED) is 0.295. The molecular weight excluding hydrogens is 538 g/mol. The molecule has 0 unspecified atom stereocenters. The molecule has 0 radical (unpaired) electrons. The maximum absolute atomic E-state index is 6.32. The van der Waals surface area contributed by atoms with Crippen molar-refractivity contribution in [2.24, 2.45) is 0 Å². The standard InChI is InChI=1S/C31H32ClN7S/c32-27-13-7-6-9-24(27)21-33-31(40)36-30-34-28(38-18-16-37(17-19-38)26-11-2-1-3-12-26)20-29(35-30)39-15-14-23-8-4-5-10-25(23)22-39/h1-13,20H,14-19,21-22H2,(H2,33,34,35,36,40). The third-order valence-corrected chi connectivity index (χ3v) is 8.12. The second-order valence-electron chi connectivity index (χ2n) is 10.1. The molecule has 7 nitrogen and oxygen atoms in total. The fourth-order valence-corrected chi connectivity index (χ4v) is 5.65. The van der Waals surface area contributed by atoms with Gasteiger partial charge in [-0.1, -0.05) is 72.3 Å². The van der Waals surface area contributed by atoms with Gasteiger partial charge in [-0.25, -0.2) is 0 Å². The van der Waals surface area contributed by atoms with E-state index in [-0.39, 0.29) is 0 Å². The van der Waals surface area contributed by atoms with E-state index in [2.05, 4.69) is 86.0 Å². The maximum Gasteiger partial charge on any atom is 0.232 e. The lowest BCUT2D eigenvalue weighted by molar-refractivity contribution is 0.646. The number of hydrogen-bond acceptors (Lipinski definition) is 6. The third kappa shape index (κ3) is 6.13. The number of anilines is 4. The molecule has 2 aliphatic rings. The Balaban J connectivity index is 1.21. The summed E-state index contributed by atoms with van der Waals surface area (Å²) in [7, 11) is 0. The van der Waals surface area contributed by atoms with Crippen molar-refractivity contribution in [2.75, 3.05) is 52.7 Å². The minimum Gasteiger partial charge on any atom is -0.368 e. The lowest BCUT2D eigenvalue weighted by Crippen LogP contribution is -2.47. The van der Waals surface area contributed by atoms with Crippen LogP contribution >= 0.6 is 23.8 Å². The molecule has 0 spiro atoms. The number of para-hydroxylation sites is 1. The first-order valence-corrected chi connectivity index (χ1v) is 14.4. The SMILES string of the molecule is S=C(NCc1ccccc1Cl)Nc1nc(N2CCN(c3ccccc3)CC2)cc(N2CCc3ccccc3C2)n1. The zero-order valence-electron chi connectivity index (χ0n) is 22.3. The van der Waals surface area contributed by atoms with Gasteiger partial charge in [0.05, 0.1) is 0 Å². The first kappa shape index (κ1) is 26.3. The van der Waals surface area contributed by atoms with Gasteiger partial charge in [-0.3, -0.25) is 0 Å². The number of thiocarbonyl (C=S) groups is 1. The van der Waals surface area contributed by atoms with Crippen LogP contribution in [-0.4, -0.2) is 47.8 Å². The van der Waals surface area contributed by atoms with Gasteiger partial charge in [-0.15, -0.1) is 0 Å². The Kier molecular flexibility index (Phi) is 7.97. The summed E-state index contributed by atoms with van der Waals surface area (Å²) in [5.41, 5.74) is 4.99. The Bertz CT molecular complexity index is 1470. The van der Waals surface area contributed by atoms with E-state index in [1.165, 1.54) is 16.8 Å². The predicted molar refractivity (Wildman–Crippen MR) is 169 cm³/mol. The van der Waals surface area contributed by atoms with Gasteiger partial charge in [-0.05, 0) is 53.5 Å². The maximum atomic E-state index is 6.32. The van der Waals surface area contributed by atoms with Crippen molar-refractivity contribution >= 4 is 52.2 Å². The fraction of sp³-hybridized carbons (Fsp3) is 0.258. The molecule has 2 aliphatic heterocycles. The first-order valence-electron chi connectivity index (χ1n) is 13.7. The summed E-state index contributed by atoms with van der Waals surface area (Å²) < 4.78 is 0. The van der Waals surface area contributed by atoms with E-state index in [1.807, 2.05) is 24.3 Å². The summed E-state index contributed by atoms with van der Waals surface area (Å²) in [6, 6.07) is 29.1. The Labute approximate surface area is 245 Å². The number of fused-ring (bicyclic) bond motifs is 1. The molecule has 0 bridgehead atoms. The molecule has 6 rings (SSSR count). The number of rotatable bonds is 6. The van der Waals surface area contributed by atoms with Gasteiger partial charge in [0.25, 0.3) is 0 Å². The Hall–Kier alpha value is -3.88. The second kappa shape index (κ2) is 12.1. The zero-order valence-corrected chi connectivity index (χ0v) is 23.8. The number of nitrogens with zero attached hydrogens (tertiary/aromatic N) is 5. The summed E-state index contributed by atoms with van der Waals surface area (Å²) in [5.74, 6) is 2.31. The lowest BCUT2D eigenvalue weighted by atomic mass is 10.00. The number of benzene rings is 3. The molecule has 3 heterocycles. The molecule has 0 amide bonds. The number of hydrogen-bond donors (Lipinski definition) is 2. The largest absolute Gasteiger partial charge is 0.368 e. The highest BCUT2D eigenvalue weighted by atomic mass is 35.5. The number of piperazine rings is 1. The van der Waals surface area contributed by atoms with E-state index in [1.54, 1.807) is 0 Å². The lowest BCUT2D eigenvalue weighted by Gasteiger charge is -2.37. The van der Waals surface area contributed by atoms with Crippen molar-refractivity contribution < 1.29 is 0 Å². The molecule has 4 aromatic rings. The molecule has 40 heavy (non-hydrogen) atoms. The van der Waals surface area contributed by atoms with Gasteiger partial charge in [0.2, 0.25) is 5.95 Å². The Morgan fingerprint density at radius 2 is 1.40 bits per heavy atom. The minimum atomic E-state index is 0.459. The van der Waals surface area contributed by atoms with Gasteiger partial charge in [-0.2, -0.15) is 9.97 Å². The molecule has 3 aromatic carbocycles. The fourth-order valence-electron chi connectivity index (χ4n) is 5.29. The van der Waals surface area contributed by atoms with Crippen molar-refractivity contribution in [1.29, 1.82) is 0 Å². The topological polar surface area (TPSA) is 59.6 Å². The van der Waals surface area contributed by atoms with Gasteiger partial charge in [0.1, 0.15) is 11.6 Å². The summed E-state index contributed by atoms with van der Waals surface area (Å²) in [4.78, 5) is 16.9. The average Bonchev–Trinajstić information content (AvgIpc) is 3.01. The Morgan fingerprint density at radius 1 is 0.750 bits per heavy atom. The van der Waals surface area contributed by atoms with E-state index >= 15 is 0 Å². The molecule has 9 heteroatoms. The molecule has 1 fully saturated rings. The molecule has 204 valence electrons. The summed E-state index contributed by atoms with van der Waals surface area (Å²) in [6.07, 6.45) is 0.992. The third-order valence-electron chi connectivity index (χ3n) is 7.50. The van der Waals surface area contributed by atoms with Crippen LogP contribution in [0.25, 0.3) is 0 Å². The van der Waals surface area contributed by atoms with Crippen LogP contribution in [0.2, 0.25) is 5.02 Å². The van der Waals surface area contributed by atoms with Crippen LogP contribution in [0.5, 0.6) is 0 Å². The van der Waals surface area contributed by atoms with Gasteiger partial charge < -0.3 is 25.3 Å². The van der Waals surface area contributed by atoms with E-state index in [0.29, 0.717) is 22.6 Å². The highest BCUT2D eigenvalue weighted by Crippen LogP contribution is 2.28. The van der Waals surface area contributed by atoms with Crippen molar-refractivity contribution in [3.8, 4) is 0 Å². The average molecular weight is 570 g/mol. The van der Waals surface area contributed by atoms with Gasteiger partial charge in [0.15, 0.2) is 5.11 Å². The highest BCUT2D eigenvalue weighted by Gasteiger charge is 2.23. The number of halogens is 1. The minimum absolute atomic E-state index is 0.459. The van der Waals surface area contributed by atoms with E-state index < -0.39 is 0 Å². The van der Waals surface area contributed by atoms with Crippen LogP contribution in [0.3, 0.4) is 0 Å². The van der Waals surface area contributed by atoms with Crippen LogP contribution in [0, 0.1) is 0 Å². The van der Waals surface area contributed by atoms with Gasteiger partial charge in [0, 0.05) is 62.6 Å². The molecule has 0 atom stereocenters. The zero-order chi connectivity index (χ0) is 27.3. The van der Waals surface area contributed by atoms with E-state index in [9.17, 15) is 0 Å². The normalized spacial score (nSPS) is 15.0. The number of aromatic nitrogens is 2. The van der Waals surface area contributed by atoms with E-state index in [0.717, 1.165) is 62.9 Å². The monoisotopic (exact) mass is 569 g/mol. The van der Waals surface area contributed by atoms with Crippen molar-refractivity contribution in [1.82, 2.24) is 15.3 Å². The van der Waals surface area contributed by atoms with Crippen LogP contribution in [0.4, 0.5) is 23.3 Å². The summed E-state index contributed by atoms with van der Waals surface area (Å²) in [5, 5.41) is 7.65. The molecule has 0 aliphatic carbocycles. The van der Waals surface area contributed by atoms with Gasteiger partial charge >= 0.3 is 0 Å². The predicted octanol–water partition coefficient (Wildman–Crippen LogP) is 5.51. The van der Waals surface area contributed by atoms with Crippen molar-refractivity contribution in [3.05, 3.63) is 107 Å². The van der Waals surface area contributed by atoms with Crippen LogP contribution in [0.15, 0.2) is 84.9 Å². The van der Waals surface area contributed by atoms with Crippen LogP contribution < -0.4 is 25.3 Å². The Morgan fingerprint density at radius 3 is 2.17 bits per heavy atom.